The van der Waals surface area contributed by atoms with Gasteiger partial charge in [0.2, 0.25) is 0 Å². The predicted molar refractivity (Wildman–Crippen MR) is 92.2 cm³/mol. The van der Waals surface area contributed by atoms with Crippen molar-refractivity contribution in [2.45, 2.75) is 6.10 Å². The third-order valence-corrected chi connectivity index (χ3v) is 4.31. The molecule has 2 aromatic rings. The molecule has 122 valence electrons. The van der Waals surface area contributed by atoms with Gasteiger partial charge in [0.25, 0.3) is 5.91 Å². The third-order valence-electron chi connectivity index (χ3n) is 3.87. The molecule has 1 fully saturated rings. The number of morpholine rings is 1. The Morgan fingerprint density at radius 3 is 2.46 bits per heavy atom. The molecule has 0 N–H and O–H groups in total. The van der Waals surface area contributed by atoms with E-state index in [0.717, 1.165) is 5.56 Å². The number of benzene rings is 2. The van der Waals surface area contributed by atoms with Crippen LogP contribution in [0.3, 0.4) is 0 Å². The number of carbonyl (C=O) groups is 1. The molecule has 3 rings (SSSR count). The number of carbonyl (C=O) groups excluding carboxylic acids is 1. The zero-order valence-corrected chi connectivity index (χ0v) is 14.2. The largest absolute Gasteiger partial charge is 0.370 e. The Morgan fingerprint density at radius 1 is 1.17 bits per heavy atom. The minimum atomic E-state index is -0.266. The van der Waals surface area contributed by atoms with E-state index in [4.69, 9.17) is 33.2 Å². The molecule has 1 heterocycles. The highest BCUT2D eigenvalue weighted by atomic mass is 35.5. The average Bonchev–Trinajstić information content (AvgIpc) is 2.60. The molecule has 0 spiro atoms. The summed E-state index contributed by atoms with van der Waals surface area (Å²) in [5.74, 6) is -0.0825. The van der Waals surface area contributed by atoms with E-state index >= 15 is 0 Å². The van der Waals surface area contributed by atoms with E-state index in [9.17, 15) is 4.79 Å². The first-order valence-corrected chi connectivity index (χ1v) is 8.19. The Hall–Kier alpha value is -2.06. The average molecular weight is 361 g/mol. The topological polar surface area (TPSA) is 53.3 Å². The number of nitriles is 1. The van der Waals surface area contributed by atoms with Crippen molar-refractivity contribution in [3.8, 4) is 6.07 Å². The van der Waals surface area contributed by atoms with Crippen LogP contribution in [0, 0.1) is 11.3 Å². The van der Waals surface area contributed by atoms with E-state index in [0.29, 0.717) is 40.9 Å². The molecule has 0 radical (unpaired) electrons. The van der Waals surface area contributed by atoms with Gasteiger partial charge in [-0.2, -0.15) is 5.26 Å². The second-order valence-electron chi connectivity index (χ2n) is 5.50. The van der Waals surface area contributed by atoms with Gasteiger partial charge in [-0.1, -0.05) is 23.2 Å². The highest BCUT2D eigenvalue weighted by molar-refractivity contribution is 6.34. The van der Waals surface area contributed by atoms with Crippen molar-refractivity contribution in [3.05, 3.63) is 69.2 Å². The summed E-state index contributed by atoms with van der Waals surface area (Å²) in [7, 11) is 0. The molecule has 1 saturated heterocycles. The lowest BCUT2D eigenvalue weighted by molar-refractivity contribution is -0.0228. The number of hydrogen-bond donors (Lipinski definition) is 0. The molecule has 0 bridgehead atoms. The zero-order chi connectivity index (χ0) is 17.1. The fourth-order valence-electron chi connectivity index (χ4n) is 2.67. The summed E-state index contributed by atoms with van der Waals surface area (Å²) in [5, 5.41) is 9.92. The summed E-state index contributed by atoms with van der Waals surface area (Å²) in [6.07, 6.45) is -0.266. The van der Waals surface area contributed by atoms with Crippen molar-refractivity contribution >= 4 is 29.1 Å². The molecule has 0 aromatic heterocycles. The summed E-state index contributed by atoms with van der Waals surface area (Å²) in [6, 6.07) is 13.9. The van der Waals surface area contributed by atoms with E-state index in [1.807, 2.05) is 6.07 Å². The summed E-state index contributed by atoms with van der Waals surface area (Å²) in [4.78, 5) is 14.4. The highest BCUT2D eigenvalue weighted by Gasteiger charge is 2.26. The molecule has 6 heteroatoms. The molecular weight excluding hydrogens is 347 g/mol. The van der Waals surface area contributed by atoms with Crippen LogP contribution >= 0.6 is 23.2 Å². The lowest BCUT2D eigenvalue weighted by Gasteiger charge is -2.33. The third kappa shape index (κ3) is 3.70. The zero-order valence-electron chi connectivity index (χ0n) is 12.7. The molecule has 24 heavy (non-hydrogen) atoms. The maximum atomic E-state index is 12.6. The van der Waals surface area contributed by atoms with Crippen LogP contribution in [0.1, 0.15) is 27.6 Å². The Bertz CT molecular complexity index is 779. The van der Waals surface area contributed by atoms with Gasteiger partial charge < -0.3 is 9.64 Å². The van der Waals surface area contributed by atoms with Crippen molar-refractivity contribution in [2.75, 3.05) is 19.7 Å². The smallest absolute Gasteiger partial charge is 0.254 e. The Balaban J connectivity index is 1.77. The minimum Gasteiger partial charge on any atom is -0.370 e. The van der Waals surface area contributed by atoms with E-state index in [2.05, 4.69) is 0 Å². The second kappa shape index (κ2) is 7.23. The van der Waals surface area contributed by atoms with Gasteiger partial charge in [-0.05, 0) is 48.0 Å². The van der Waals surface area contributed by atoms with Gasteiger partial charge >= 0.3 is 0 Å². The van der Waals surface area contributed by atoms with Crippen molar-refractivity contribution in [3.63, 3.8) is 0 Å². The number of halogens is 2. The van der Waals surface area contributed by atoms with Crippen LogP contribution in [-0.4, -0.2) is 30.5 Å². The van der Waals surface area contributed by atoms with Crippen LogP contribution in [0.15, 0.2) is 42.5 Å². The summed E-state index contributed by atoms with van der Waals surface area (Å²) >= 11 is 12.1. The van der Waals surface area contributed by atoms with Gasteiger partial charge in [-0.15, -0.1) is 0 Å². The molecule has 1 unspecified atom stereocenters. The van der Waals surface area contributed by atoms with Gasteiger partial charge in [0, 0.05) is 22.2 Å². The normalized spacial score (nSPS) is 17.4. The predicted octanol–water partition coefficient (Wildman–Crippen LogP) is 4.08. The number of amides is 1. The van der Waals surface area contributed by atoms with Gasteiger partial charge in [0.15, 0.2) is 0 Å². The SMILES string of the molecule is N#Cc1ccc(C(=O)N2CCOC(c3cc(Cl)cc(Cl)c3)C2)cc1. The molecule has 2 aromatic carbocycles. The fourth-order valence-corrected chi connectivity index (χ4v) is 3.21. The first kappa shape index (κ1) is 16.8. The van der Waals surface area contributed by atoms with Crippen LogP contribution in [0.4, 0.5) is 0 Å². The Morgan fingerprint density at radius 2 is 1.83 bits per heavy atom. The molecule has 0 aliphatic carbocycles. The van der Waals surface area contributed by atoms with Crippen LogP contribution < -0.4 is 0 Å². The first-order chi connectivity index (χ1) is 11.6. The number of hydrogen-bond acceptors (Lipinski definition) is 3. The molecular formula is C18H14Cl2N2O2. The van der Waals surface area contributed by atoms with E-state index < -0.39 is 0 Å². The quantitative estimate of drug-likeness (QED) is 0.810. The van der Waals surface area contributed by atoms with E-state index in [-0.39, 0.29) is 12.0 Å². The second-order valence-corrected chi connectivity index (χ2v) is 6.38. The fraction of sp³-hybridized carbons (Fsp3) is 0.222. The van der Waals surface area contributed by atoms with Crippen molar-refractivity contribution in [1.29, 1.82) is 5.26 Å². The molecule has 1 aliphatic rings. The summed E-state index contributed by atoms with van der Waals surface area (Å²) in [6.45, 7) is 1.38. The van der Waals surface area contributed by atoms with Crippen molar-refractivity contribution in [2.24, 2.45) is 0 Å². The maximum absolute atomic E-state index is 12.6. The molecule has 0 saturated carbocycles. The summed E-state index contributed by atoms with van der Waals surface area (Å²) in [5.41, 5.74) is 1.93. The van der Waals surface area contributed by atoms with Crippen molar-refractivity contribution in [1.82, 2.24) is 4.90 Å². The summed E-state index contributed by atoms with van der Waals surface area (Å²) < 4.78 is 5.77. The first-order valence-electron chi connectivity index (χ1n) is 7.44. The lowest BCUT2D eigenvalue weighted by Crippen LogP contribution is -2.42. The molecule has 1 aliphatic heterocycles. The molecule has 1 amide bonds. The van der Waals surface area contributed by atoms with E-state index in [1.165, 1.54) is 0 Å². The lowest BCUT2D eigenvalue weighted by atomic mass is 10.1. The molecule has 1 atom stereocenters. The van der Waals surface area contributed by atoms with Crippen LogP contribution in [0.2, 0.25) is 10.0 Å². The van der Waals surface area contributed by atoms with Gasteiger partial charge in [-0.25, -0.2) is 0 Å². The van der Waals surface area contributed by atoms with Crippen molar-refractivity contribution < 1.29 is 9.53 Å². The Labute approximate surface area is 150 Å². The van der Waals surface area contributed by atoms with Crippen LogP contribution in [-0.2, 0) is 4.74 Å². The highest BCUT2D eigenvalue weighted by Crippen LogP contribution is 2.28. The van der Waals surface area contributed by atoms with Crippen LogP contribution in [0.25, 0.3) is 0 Å². The minimum absolute atomic E-state index is 0.0825. The standard InChI is InChI=1S/C18H14Cl2N2O2/c19-15-7-14(8-16(20)9-15)17-11-22(5-6-24-17)18(23)13-3-1-12(10-21)2-4-13/h1-4,7-9,17H,5-6,11H2. The van der Waals surface area contributed by atoms with Crippen LogP contribution in [0.5, 0.6) is 0 Å². The van der Waals surface area contributed by atoms with E-state index in [1.54, 1.807) is 47.4 Å². The Kier molecular flexibility index (Phi) is 5.06. The maximum Gasteiger partial charge on any atom is 0.254 e. The van der Waals surface area contributed by atoms with Gasteiger partial charge in [0.05, 0.1) is 24.8 Å². The van der Waals surface area contributed by atoms with Gasteiger partial charge in [-0.3, -0.25) is 4.79 Å². The monoisotopic (exact) mass is 360 g/mol. The number of rotatable bonds is 2. The van der Waals surface area contributed by atoms with Gasteiger partial charge in [0.1, 0.15) is 6.10 Å². The number of ether oxygens (including phenoxy) is 1. The molecule has 4 nitrogen and oxygen atoms in total. The number of nitrogens with zero attached hydrogens (tertiary/aromatic N) is 2.